The monoisotopic (exact) mass is 347 g/mol. The standard InChI is InChI=1S/C19H29N3O3/c1-24-18-6-2-5-16(12-18)21-19(23)20-13-15-4-3-9-22(14-15)17-7-10-25-11-8-17/h2,5-6,12,15,17H,3-4,7-11,13-14H2,1H3,(H2,20,21,23)/t15-/m0/s1. The number of nitrogens with one attached hydrogen (secondary N) is 2. The number of likely N-dealkylation sites (tertiary alicyclic amines) is 1. The molecule has 2 fully saturated rings. The summed E-state index contributed by atoms with van der Waals surface area (Å²) in [4.78, 5) is 14.7. The molecule has 0 aliphatic carbocycles. The van der Waals surface area contributed by atoms with Gasteiger partial charge in [-0.15, -0.1) is 0 Å². The maximum atomic E-state index is 12.1. The quantitative estimate of drug-likeness (QED) is 0.860. The number of benzene rings is 1. The second-order valence-corrected chi connectivity index (χ2v) is 6.91. The number of nitrogens with zero attached hydrogens (tertiary/aromatic N) is 1. The van der Waals surface area contributed by atoms with Gasteiger partial charge < -0.3 is 20.1 Å². The van der Waals surface area contributed by atoms with Crippen LogP contribution in [0.3, 0.4) is 0 Å². The number of amides is 2. The van der Waals surface area contributed by atoms with E-state index in [0.29, 0.717) is 12.0 Å². The molecule has 0 bridgehead atoms. The minimum absolute atomic E-state index is 0.156. The Bertz CT molecular complexity index is 561. The van der Waals surface area contributed by atoms with E-state index in [2.05, 4.69) is 15.5 Å². The van der Waals surface area contributed by atoms with Crippen molar-refractivity contribution >= 4 is 11.7 Å². The highest BCUT2D eigenvalue weighted by molar-refractivity contribution is 5.89. The van der Waals surface area contributed by atoms with Crippen LogP contribution < -0.4 is 15.4 Å². The minimum atomic E-state index is -0.156. The lowest BCUT2D eigenvalue weighted by Crippen LogP contribution is -2.47. The molecule has 25 heavy (non-hydrogen) atoms. The van der Waals surface area contributed by atoms with Gasteiger partial charge in [-0.1, -0.05) is 6.07 Å². The topological polar surface area (TPSA) is 62.8 Å². The van der Waals surface area contributed by atoms with Crippen LogP contribution >= 0.6 is 0 Å². The Morgan fingerprint density at radius 2 is 2.16 bits per heavy atom. The normalized spacial score (nSPS) is 22.4. The zero-order valence-electron chi connectivity index (χ0n) is 15.0. The summed E-state index contributed by atoms with van der Waals surface area (Å²) in [7, 11) is 1.62. The first kappa shape index (κ1) is 18.0. The number of hydrogen-bond acceptors (Lipinski definition) is 4. The summed E-state index contributed by atoms with van der Waals surface area (Å²) in [5.41, 5.74) is 0.740. The van der Waals surface area contributed by atoms with Crippen molar-refractivity contribution in [1.82, 2.24) is 10.2 Å². The van der Waals surface area contributed by atoms with Crippen molar-refractivity contribution in [1.29, 1.82) is 0 Å². The number of piperidine rings is 1. The third-order valence-electron chi connectivity index (χ3n) is 5.14. The smallest absolute Gasteiger partial charge is 0.319 e. The summed E-state index contributed by atoms with van der Waals surface area (Å²) in [5, 5.41) is 5.89. The average molecular weight is 347 g/mol. The van der Waals surface area contributed by atoms with Crippen LogP contribution in [-0.4, -0.2) is 56.9 Å². The first-order chi connectivity index (χ1) is 12.2. The van der Waals surface area contributed by atoms with Gasteiger partial charge in [0.2, 0.25) is 0 Å². The van der Waals surface area contributed by atoms with Crippen LogP contribution in [0.25, 0.3) is 0 Å². The van der Waals surface area contributed by atoms with Gasteiger partial charge in [0.05, 0.1) is 7.11 Å². The van der Waals surface area contributed by atoms with Gasteiger partial charge in [-0.05, 0) is 50.3 Å². The molecule has 2 amide bonds. The number of carbonyl (C=O) groups is 1. The maximum absolute atomic E-state index is 12.1. The third-order valence-corrected chi connectivity index (χ3v) is 5.14. The fraction of sp³-hybridized carbons (Fsp3) is 0.632. The second kappa shape index (κ2) is 9.06. The number of urea groups is 1. The number of ether oxygens (including phenoxy) is 2. The minimum Gasteiger partial charge on any atom is -0.497 e. The van der Waals surface area contributed by atoms with Crippen molar-refractivity contribution < 1.29 is 14.3 Å². The Kier molecular flexibility index (Phi) is 6.53. The van der Waals surface area contributed by atoms with Crippen molar-refractivity contribution in [3.8, 4) is 5.75 Å². The lowest BCUT2D eigenvalue weighted by molar-refractivity contribution is 0.0181. The SMILES string of the molecule is COc1cccc(NC(=O)NC[C@@H]2CCCN(C3CCOCC3)C2)c1. The lowest BCUT2D eigenvalue weighted by atomic mass is 9.95. The molecule has 0 unspecified atom stereocenters. The third kappa shape index (κ3) is 5.34. The second-order valence-electron chi connectivity index (χ2n) is 6.91. The predicted molar refractivity (Wildman–Crippen MR) is 98.2 cm³/mol. The van der Waals surface area contributed by atoms with Gasteiger partial charge in [0.15, 0.2) is 0 Å². The average Bonchev–Trinajstić information content (AvgIpc) is 2.67. The van der Waals surface area contributed by atoms with Crippen molar-refractivity contribution in [2.45, 2.75) is 31.7 Å². The zero-order chi connectivity index (χ0) is 17.5. The van der Waals surface area contributed by atoms with Gasteiger partial charge in [0, 0.05) is 44.1 Å². The molecule has 2 aliphatic rings. The van der Waals surface area contributed by atoms with E-state index in [9.17, 15) is 4.79 Å². The number of hydrogen-bond donors (Lipinski definition) is 2. The van der Waals surface area contributed by atoms with Crippen molar-refractivity contribution in [3.63, 3.8) is 0 Å². The molecule has 2 heterocycles. The van der Waals surface area contributed by atoms with Crippen LogP contribution in [0.4, 0.5) is 10.5 Å². The van der Waals surface area contributed by atoms with Gasteiger partial charge in [-0.3, -0.25) is 4.90 Å². The van der Waals surface area contributed by atoms with E-state index in [1.807, 2.05) is 24.3 Å². The molecule has 0 aromatic heterocycles. The summed E-state index contributed by atoms with van der Waals surface area (Å²) in [6, 6.07) is 7.89. The molecule has 138 valence electrons. The van der Waals surface area contributed by atoms with Crippen LogP contribution in [0.2, 0.25) is 0 Å². The van der Waals surface area contributed by atoms with E-state index >= 15 is 0 Å². The highest BCUT2D eigenvalue weighted by Crippen LogP contribution is 2.23. The summed E-state index contributed by atoms with van der Waals surface area (Å²) in [6.07, 6.45) is 4.66. The number of anilines is 1. The fourth-order valence-corrected chi connectivity index (χ4v) is 3.76. The summed E-state index contributed by atoms with van der Waals surface area (Å²) >= 11 is 0. The highest BCUT2D eigenvalue weighted by Gasteiger charge is 2.27. The Labute approximate surface area is 149 Å². The van der Waals surface area contributed by atoms with E-state index < -0.39 is 0 Å². The lowest BCUT2D eigenvalue weighted by Gasteiger charge is -2.40. The predicted octanol–water partition coefficient (Wildman–Crippen LogP) is 2.71. The van der Waals surface area contributed by atoms with E-state index in [4.69, 9.17) is 9.47 Å². The van der Waals surface area contributed by atoms with Gasteiger partial charge in [-0.25, -0.2) is 4.79 Å². The maximum Gasteiger partial charge on any atom is 0.319 e. The molecule has 0 saturated carbocycles. The van der Waals surface area contributed by atoms with E-state index in [0.717, 1.165) is 50.6 Å². The fourth-order valence-electron chi connectivity index (χ4n) is 3.76. The molecule has 0 spiro atoms. The van der Waals surface area contributed by atoms with Gasteiger partial charge in [0.1, 0.15) is 5.75 Å². The number of rotatable bonds is 5. The number of methoxy groups -OCH3 is 1. The Hall–Kier alpha value is -1.79. The van der Waals surface area contributed by atoms with Crippen molar-refractivity contribution in [2.24, 2.45) is 5.92 Å². The molecule has 1 aromatic rings. The van der Waals surface area contributed by atoms with Crippen LogP contribution in [0, 0.1) is 5.92 Å². The van der Waals surface area contributed by atoms with Crippen LogP contribution in [-0.2, 0) is 4.74 Å². The largest absolute Gasteiger partial charge is 0.497 e. The first-order valence-electron chi connectivity index (χ1n) is 9.25. The number of carbonyl (C=O) groups excluding carboxylic acids is 1. The Morgan fingerprint density at radius 3 is 2.96 bits per heavy atom. The van der Waals surface area contributed by atoms with Crippen LogP contribution in [0.1, 0.15) is 25.7 Å². The van der Waals surface area contributed by atoms with Crippen molar-refractivity contribution in [3.05, 3.63) is 24.3 Å². The summed E-state index contributed by atoms with van der Waals surface area (Å²) < 4.78 is 10.6. The zero-order valence-corrected chi connectivity index (χ0v) is 15.0. The molecule has 6 heteroatoms. The van der Waals surface area contributed by atoms with Crippen LogP contribution in [0.15, 0.2) is 24.3 Å². The summed E-state index contributed by atoms with van der Waals surface area (Å²) in [6.45, 7) is 4.73. The summed E-state index contributed by atoms with van der Waals surface area (Å²) in [5.74, 6) is 1.25. The molecular formula is C19H29N3O3. The molecule has 2 saturated heterocycles. The van der Waals surface area contributed by atoms with Gasteiger partial charge in [-0.2, -0.15) is 0 Å². The van der Waals surface area contributed by atoms with Gasteiger partial charge in [0.25, 0.3) is 0 Å². The Morgan fingerprint density at radius 1 is 1.32 bits per heavy atom. The molecule has 2 aliphatic heterocycles. The molecule has 1 aromatic carbocycles. The van der Waals surface area contributed by atoms with Gasteiger partial charge >= 0.3 is 6.03 Å². The molecule has 3 rings (SSSR count). The molecule has 2 N–H and O–H groups in total. The van der Waals surface area contributed by atoms with E-state index in [-0.39, 0.29) is 6.03 Å². The molecular weight excluding hydrogens is 318 g/mol. The molecule has 6 nitrogen and oxygen atoms in total. The molecule has 1 atom stereocenters. The first-order valence-corrected chi connectivity index (χ1v) is 9.25. The van der Waals surface area contributed by atoms with E-state index in [1.54, 1.807) is 7.11 Å². The highest BCUT2D eigenvalue weighted by atomic mass is 16.5. The molecule has 0 radical (unpaired) electrons. The van der Waals surface area contributed by atoms with E-state index in [1.165, 1.54) is 19.4 Å². The van der Waals surface area contributed by atoms with Crippen LogP contribution in [0.5, 0.6) is 5.75 Å². The van der Waals surface area contributed by atoms with Crippen molar-refractivity contribution in [2.75, 3.05) is 45.3 Å². The Balaban J connectivity index is 1.43.